The van der Waals surface area contributed by atoms with Gasteiger partial charge in [-0.2, -0.15) is 0 Å². The lowest BCUT2D eigenvalue weighted by atomic mass is 9.98. The Morgan fingerprint density at radius 3 is 3.31 bits per heavy atom. The molecular weight excluding hydrogens is 218 g/mol. The first-order chi connectivity index (χ1) is 7.92. The van der Waals surface area contributed by atoms with E-state index in [1.165, 1.54) is 43.8 Å². The molecule has 16 heavy (non-hydrogen) atoms. The second-order valence-electron chi connectivity index (χ2n) is 4.86. The van der Waals surface area contributed by atoms with Crippen LogP contribution in [-0.4, -0.2) is 35.1 Å². The van der Waals surface area contributed by atoms with Crippen molar-refractivity contribution >= 4 is 11.3 Å². The van der Waals surface area contributed by atoms with E-state index in [4.69, 9.17) is 0 Å². The van der Waals surface area contributed by atoms with Crippen LogP contribution in [0.5, 0.6) is 0 Å². The van der Waals surface area contributed by atoms with Gasteiger partial charge in [0.2, 0.25) is 0 Å². The monoisotopic (exact) mass is 237 g/mol. The summed E-state index contributed by atoms with van der Waals surface area (Å²) in [7, 11) is 0. The quantitative estimate of drug-likeness (QED) is 0.870. The summed E-state index contributed by atoms with van der Waals surface area (Å²) in [6.07, 6.45) is 7.35. The van der Waals surface area contributed by atoms with Crippen molar-refractivity contribution in [2.75, 3.05) is 13.1 Å². The molecule has 3 rings (SSSR count). The zero-order valence-electron chi connectivity index (χ0n) is 9.56. The second kappa shape index (κ2) is 4.82. The highest BCUT2D eigenvalue weighted by Gasteiger charge is 2.31. The fourth-order valence-corrected chi connectivity index (χ4v) is 3.55. The van der Waals surface area contributed by atoms with Gasteiger partial charge in [0.1, 0.15) is 5.01 Å². The van der Waals surface area contributed by atoms with E-state index in [1.807, 2.05) is 6.20 Å². The molecule has 0 aliphatic carbocycles. The van der Waals surface area contributed by atoms with Gasteiger partial charge in [-0.3, -0.25) is 0 Å². The second-order valence-corrected chi connectivity index (χ2v) is 5.84. The van der Waals surface area contributed by atoms with Crippen LogP contribution in [0.1, 0.15) is 30.7 Å². The number of aromatic nitrogens is 1. The van der Waals surface area contributed by atoms with Crippen molar-refractivity contribution in [2.24, 2.45) is 0 Å². The van der Waals surface area contributed by atoms with E-state index in [-0.39, 0.29) is 0 Å². The minimum Gasteiger partial charge on any atom is -0.308 e. The SMILES string of the molecule is c1csc(CNC2CCN3CCCC3C2)n1. The van der Waals surface area contributed by atoms with Crippen LogP contribution in [0.15, 0.2) is 11.6 Å². The third-order valence-electron chi connectivity index (χ3n) is 3.85. The molecule has 2 aliphatic rings. The molecule has 2 atom stereocenters. The van der Waals surface area contributed by atoms with Crippen LogP contribution < -0.4 is 5.32 Å². The van der Waals surface area contributed by atoms with Crippen molar-refractivity contribution in [2.45, 2.75) is 44.3 Å². The maximum absolute atomic E-state index is 4.31. The Kier molecular flexibility index (Phi) is 3.22. The van der Waals surface area contributed by atoms with Crippen LogP contribution in [-0.2, 0) is 6.54 Å². The fourth-order valence-electron chi connectivity index (χ4n) is 2.98. The average Bonchev–Trinajstić information content (AvgIpc) is 2.97. The average molecular weight is 237 g/mol. The van der Waals surface area contributed by atoms with Gasteiger partial charge >= 0.3 is 0 Å². The van der Waals surface area contributed by atoms with Gasteiger partial charge in [-0.05, 0) is 38.8 Å². The summed E-state index contributed by atoms with van der Waals surface area (Å²) in [6.45, 7) is 3.58. The molecule has 2 unspecified atom stereocenters. The first kappa shape index (κ1) is 10.7. The summed E-state index contributed by atoms with van der Waals surface area (Å²) in [6, 6.07) is 1.57. The molecule has 0 bridgehead atoms. The highest BCUT2D eigenvalue weighted by atomic mass is 32.1. The molecule has 2 aliphatic heterocycles. The van der Waals surface area contributed by atoms with Crippen LogP contribution in [0.3, 0.4) is 0 Å². The fraction of sp³-hybridized carbons (Fsp3) is 0.750. The first-order valence-electron chi connectivity index (χ1n) is 6.27. The molecule has 0 spiro atoms. The number of piperidine rings is 1. The summed E-state index contributed by atoms with van der Waals surface area (Å²) in [4.78, 5) is 6.98. The standard InChI is InChI=1S/C12H19N3S/c1-2-11-8-10(3-6-15(11)5-1)14-9-12-13-4-7-16-12/h4,7,10-11,14H,1-3,5-6,8-9H2. The Balaban J connectivity index is 1.49. The van der Waals surface area contributed by atoms with Crippen LogP contribution in [0.25, 0.3) is 0 Å². The van der Waals surface area contributed by atoms with E-state index in [0.717, 1.165) is 12.6 Å². The zero-order chi connectivity index (χ0) is 10.8. The molecule has 0 aromatic carbocycles. The van der Waals surface area contributed by atoms with Crippen LogP contribution in [0, 0.1) is 0 Å². The van der Waals surface area contributed by atoms with Gasteiger partial charge in [0.25, 0.3) is 0 Å². The first-order valence-corrected chi connectivity index (χ1v) is 7.15. The van der Waals surface area contributed by atoms with E-state index in [2.05, 4.69) is 20.6 Å². The van der Waals surface area contributed by atoms with E-state index in [0.29, 0.717) is 6.04 Å². The molecule has 1 N–H and O–H groups in total. The van der Waals surface area contributed by atoms with Crippen molar-refractivity contribution < 1.29 is 0 Å². The Labute approximate surface area is 101 Å². The number of thiazole rings is 1. The summed E-state index contributed by atoms with van der Waals surface area (Å²) in [5.74, 6) is 0. The third kappa shape index (κ3) is 2.29. The summed E-state index contributed by atoms with van der Waals surface area (Å²) in [5, 5.41) is 6.93. The van der Waals surface area contributed by atoms with Gasteiger partial charge in [0.05, 0.1) is 0 Å². The third-order valence-corrected chi connectivity index (χ3v) is 4.63. The highest BCUT2D eigenvalue weighted by Crippen LogP contribution is 2.26. The van der Waals surface area contributed by atoms with Gasteiger partial charge in [-0.15, -0.1) is 11.3 Å². The molecule has 3 heterocycles. The van der Waals surface area contributed by atoms with Gasteiger partial charge in [-0.1, -0.05) is 0 Å². The van der Waals surface area contributed by atoms with Gasteiger partial charge < -0.3 is 10.2 Å². The molecule has 3 nitrogen and oxygen atoms in total. The Morgan fingerprint density at radius 1 is 1.44 bits per heavy atom. The molecule has 0 radical (unpaired) electrons. The number of nitrogens with zero attached hydrogens (tertiary/aromatic N) is 2. The minimum atomic E-state index is 0.711. The van der Waals surface area contributed by atoms with E-state index >= 15 is 0 Å². The molecule has 1 aromatic rings. The maximum atomic E-state index is 4.31. The molecule has 1 aromatic heterocycles. The maximum Gasteiger partial charge on any atom is 0.106 e. The summed E-state index contributed by atoms with van der Waals surface area (Å²) in [5.41, 5.74) is 0. The molecular formula is C12H19N3S. The Bertz CT molecular complexity index is 325. The van der Waals surface area contributed by atoms with Crippen molar-refractivity contribution in [3.8, 4) is 0 Å². The van der Waals surface area contributed by atoms with E-state index in [9.17, 15) is 0 Å². The predicted molar refractivity (Wildman–Crippen MR) is 66.6 cm³/mol. The number of hydrogen-bond acceptors (Lipinski definition) is 4. The highest BCUT2D eigenvalue weighted by molar-refractivity contribution is 7.09. The van der Waals surface area contributed by atoms with Gasteiger partial charge in [-0.25, -0.2) is 4.98 Å². The number of rotatable bonds is 3. The van der Waals surface area contributed by atoms with E-state index < -0.39 is 0 Å². The number of fused-ring (bicyclic) bond motifs is 1. The Morgan fingerprint density at radius 2 is 2.44 bits per heavy atom. The topological polar surface area (TPSA) is 28.2 Å². The summed E-state index contributed by atoms with van der Waals surface area (Å²) < 4.78 is 0. The summed E-state index contributed by atoms with van der Waals surface area (Å²) >= 11 is 1.75. The molecule has 0 saturated carbocycles. The van der Waals surface area contributed by atoms with Gasteiger partial charge in [0, 0.05) is 30.2 Å². The molecule has 2 saturated heterocycles. The molecule has 4 heteroatoms. The molecule has 0 amide bonds. The largest absolute Gasteiger partial charge is 0.308 e. The predicted octanol–water partition coefficient (Wildman–Crippen LogP) is 1.86. The lowest BCUT2D eigenvalue weighted by molar-refractivity contribution is 0.166. The van der Waals surface area contributed by atoms with Crippen LogP contribution in [0.4, 0.5) is 0 Å². The van der Waals surface area contributed by atoms with Crippen molar-refractivity contribution in [1.29, 1.82) is 0 Å². The van der Waals surface area contributed by atoms with Crippen molar-refractivity contribution in [3.05, 3.63) is 16.6 Å². The van der Waals surface area contributed by atoms with Gasteiger partial charge in [0.15, 0.2) is 0 Å². The van der Waals surface area contributed by atoms with E-state index in [1.54, 1.807) is 11.3 Å². The molecule has 2 fully saturated rings. The van der Waals surface area contributed by atoms with Crippen LogP contribution in [0.2, 0.25) is 0 Å². The van der Waals surface area contributed by atoms with Crippen LogP contribution >= 0.6 is 11.3 Å². The number of hydrogen-bond donors (Lipinski definition) is 1. The van der Waals surface area contributed by atoms with Crippen molar-refractivity contribution in [1.82, 2.24) is 15.2 Å². The lowest BCUT2D eigenvalue weighted by Crippen LogP contribution is -2.45. The van der Waals surface area contributed by atoms with Crippen molar-refractivity contribution in [3.63, 3.8) is 0 Å². The number of nitrogens with one attached hydrogen (secondary N) is 1. The Hall–Kier alpha value is -0.450. The molecule has 88 valence electrons. The lowest BCUT2D eigenvalue weighted by Gasteiger charge is -2.35. The normalized spacial score (nSPS) is 30.5. The zero-order valence-corrected chi connectivity index (χ0v) is 10.4. The minimum absolute atomic E-state index is 0.711. The smallest absolute Gasteiger partial charge is 0.106 e.